The third-order valence-corrected chi connectivity index (χ3v) is 5.60. The minimum atomic E-state index is -1.19. The van der Waals surface area contributed by atoms with Crippen LogP contribution in [0.5, 0.6) is 0 Å². The molecule has 0 fully saturated rings. The Hall–Kier alpha value is -4.66. The third kappa shape index (κ3) is 5.47. The summed E-state index contributed by atoms with van der Waals surface area (Å²) in [5, 5.41) is 15.7. The van der Waals surface area contributed by atoms with Crippen LogP contribution in [0.4, 0.5) is 10.5 Å². The maximum Gasteiger partial charge on any atom is 0.411 e. The van der Waals surface area contributed by atoms with E-state index in [1.807, 2.05) is 48.5 Å². The fourth-order valence-electron chi connectivity index (χ4n) is 4.03. The van der Waals surface area contributed by atoms with Gasteiger partial charge in [0.25, 0.3) is 5.91 Å². The van der Waals surface area contributed by atoms with Crippen LogP contribution in [0.3, 0.4) is 0 Å². The van der Waals surface area contributed by atoms with Crippen LogP contribution in [-0.4, -0.2) is 48.7 Å². The molecule has 35 heavy (non-hydrogen) atoms. The highest BCUT2D eigenvalue weighted by atomic mass is 16.5. The van der Waals surface area contributed by atoms with Crippen molar-refractivity contribution in [1.82, 2.24) is 10.6 Å². The molecule has 9 nitrogen and oxygen atoms in total. The molecule has 3 aromatic carbocycles. The van der Waals surface area contributed by atoms with E-state index >= 15 is 0 Å². The maximum atomic E-state index is 12.6. The zero-order valence-corrected chi connectivity index (χ0v) is 18.6. The molecule has 9 heteroatoms. The molecule has 0 unspecified atom stereocenters. The highest BCUT2D eigenvalue weighted by Crippen LogP contribution is 2.44. The number of nitrogens with one attached hydrogen (secondary N) is 3. The van der Waals surface area contributed by atoms with Crippen molar-refractivity contribution in [1.29, 1.82) is 0 Å². The van der Waals surface area contributed by atoms with Crippen LogP contribution in [-0.2, 0) is 14.3 Å². The van der Waals surface area contributed by atoms with E-state index in [9.17, 15) is 19.2 Å². The number of amides is 3. The molecule has 0 heterocycles. The molecule has 4 N–H and O–H groups in total. The Bertz CT molecular complexity index is 1240. The Morgan fingerprint density at radius 3 is 2.03 bits per heavy atom. The molecule has 1 aliphatic rings. The van der Waals surface area contributed by atoms with Crippen LogP contribution in [0.15, 0.2) is 72.8 Å². The topological polar surface area (TPSA) is 134 Å². The Morgan fingerprint density at radius 1 is 0.771 bits per heavy atom. The molecule has 3 aromatic rings. The number of hydrogen-bond donors (Lipinski definition) is 4. The molecular formula is C26H23N3O6. The number of carbonyl (C=O) groups excluding carboxylic acids is 3. The Kier molecular flexibility index (Phi) is 7.06. The van der Waals surface area contributed by atoms with Gasteiger partial charge < -0.3 is 20.5 Å². The number of aliphatic carboxylic acids is 1. The number of rotatable bonds is 8. The van der Waals surface area contributed by atoms with Crippen molar-refractivity contribution in [3.63, 3.8) is 0 Å². The molecule has 0 atom stereocenters. The number of fused-ring (bicyclic) bond motifs is 3. The molecule has 0 saturated heterocycles. The molecular weight excluding hydrogens is 450 g/mol. The number of hydrogen-bond acceptors (Lipinski definition) is 5. The van der Waals surface area contributed by atoms with Gasteiger partial charge in [-0.25, -0.2) is 4.79 Å². The van der Waals surface area contributed by atoms with Gasteiger partial charge in [0.15, 0.2) is 0 Å². The van der Waals surface area contributed by atoms with Gasteiger partial charge in [0.05, 0.1) is 17.8 Å². The Morgan fingerprint density at radius 2 is 1.37 bits per heavy atom. The summed E-state index contributed by atoms with van der Waals surface area (Å²) in [7, 11) is 0. The molecule has 0 radical (unpaired) electrons. The SMILES string of the molecule is O=C(O)CNC(=O)CNC(=O)c1ccccc1NC(=O)OCC1c2ccccc2-c2ccccc21. The summed E-state index contributed by atoms with van der Waals surface area (Å²) >= 11 is 0. The first-order chi connectivity index (χ1) is 16.9. The lowest BCUT2D eigenvalue weighted by molar-refractivity contribution is -0.137. The zero-order chi connectivity index (χ0) is 24.8. The van der Waals surface area contributed by atoms with Crippen LogP contribution in [0.2, 0.25) is 0 Å². The minimum absolute atomic E-state index is 0.101. The van der Waals surface area contributed by atoms with E-state index in [0.717, 1.165) is 22.3 Å². The number of benzene rings is 3. The van der Waals surface area contributed by atoms with E-state index in [0.29, 0.717) is 0 Å². The van der Waals surface area contributed by atoms with Crippen LogP contribution in [0, 0.1) is 0 Å². The number of para-hydroxylation sites is 1. The summed E-state index contributed by atoms with van der Waals surface area (Å²) in [6.45, 7) is -0.835. The van der Waals surface area contributed by atoms with Crippen LogP contribution in [0.1, 0.15) is 27.4 Å². The molecule has 0 saturated carbocycles. The number of carbonyl (C=O) groups is 4. The molecule has 0 bridgehead atoms. The van der Waals surface area contributed by atoms with Crippen molar-refractivity contribution in [3.05, 3.63) is 89.5 Å². The molecule has 3 amide bonds. The first-order valence-electron chi connectivity index (χ1n) is 10.9. The van der Waals surface area contributed by atoms with Crippen molar-refractivity contribution < 1.29 is 29.0 Å². The zero-order valence-electron chi connectivity index (χ0n) is 18.6. The van der Waals surface area contributed by atoms with Gasteiger partial charge in [-0.2, -0.15) is 0 Å². The molecule has 1 aliphatic carbocycles. The normalized spacial score (nSPS) is 11.7. The quantitative estimate of drug-likeness (QED) is 0.397. The summed E-state index contributed by atoms with van der Waals surface area (Å²) < 4.78 is 5.53. The molecule has 0 aromatic heterocycles. The van der Waals surface area contributed by atoms with Crippen molar-refractivity contribution >= 4 is 29.6 Å². The van der Waals surface area contributed by atoms with Crippen molar-refractivity contribution in [2.45, 2.75) is 5.92 Å². The fraction of sp³-hybridized carbons (Fsp3) is 0.154. The minimum Gasteiger partial charge on any atom is -0.480 e. The first-order valence-corrected chi connectivity index (χ1v) is 10.9. The van der Waals surface area contributed by atoms with Gasteiger partial charge >= 0.3 is 12.1 Å². The van der Waals surface area contributed by atoms with Gasteiger partial charge in [0.1, 0.15) is 13.2 Å². The lowest BCUT2D eigenvalue weighted by Crippen LogP contribution is -2.39. The predicted molar refractivity (Wildman–Crippen MR) is 128 cm³/mol. The predicted octanol–water partition coefficient (Wildman–Crippen LogP) is 2.98. The summed E-state index contributed by atoms with van der Waals surface area (Å²) in [4.78, 5) is 47.3. The van der Waals surface area contributed by atoms with E-state index in [1.165, 1.54) is 6.07 Å². The number of anilines is 1. The second kappa shape index (κ2) is 10.5. The first kappa shape index (κ1) is 23.5. The van der Waals surface area contributed by atoms with Gasteiger partial charge in [-0.1, -0.05) is 60.7 Å². The van der Waals surface area contributed by atoms with Gasteiger partial charge in [-0.15, -0.1) is 0 Å². The largest absolute Gasteiger partial charge is 0.480 e. The van der Waals surface area contributed by atoms with E-state index in [-0.39, 0.29) is 23.8 Å². The molecule has 0 spiro atoms. The Balaban J connectivity index is 1.38. The van der Waals surface area contributed by atoms with E-state index in [1.54, 1.807) is 18.2 Å². The average Bonchev–Trinajstić information content (AvgIpc) is 3.19. The Labute approximate surface area is 201 Å². The second-order valence-electron chi connectivity index (χ2n) is 7.85. The molecule has 4 rings (SSSR count). The monoisotopic (exact) mass is 473 g/mol. The van der Waals surface area contributed by atoms with Crippen molar-refractivity contribution in [2.75, 3.05) is 25.0 Å². The highest BCUT2D eigenvalue weighted by Gasteiger charge is 2.29. The lowest BCUT2D eigenvalue weighted by atomic mass is 9.98. The summed E-state index contributed by atoms with van der Waals surface area (Å²) in [5.41, 5.74) is 4.75. The van der Waals surface area contributed by atoms with Crippen LogP contribution < -0.4 is 16.0 Å². The van der Waals surface area contributed by atoms with Crippen LogP contribution in [0.25, 0.3) is 11.1 Å². The van der Waals surface area contributed by atoms with E-state index < -0.39 is 37.0 Å². The van der Waals surface area contributed by atoms with Gasteiger partial charge in [0.2, 0.25) is 5.91 Å². The van der Waals surface area contributed by atoms with Crippen molar-refractivity contribution in [3.8, 4) is 11.1 Å². The summed E-state index contributed by atoms with van der Waals surface area (Å²) in [6, 6.07) is 22.3. The average molecular weight is 473 g/mol. The smallest absolute Gasteiger partial charge is 0.411 e. The third-order valence-electron chi connectivity index (χ3n) is 5.60. The lowest BCUT2D eigenvalue weighted by Gasteiger charge is -2.15. The van der Waals surface area contributed by atoms with E-state index in [4.69, 9.17) is 9.84 Å². The van der Waals surface area contributed by atoms with Gasteiger partial charge in [0, 0.05) is 5.92 Å². The fourth-order valence-corrected chi connectivity index (χ4v) is 4.03. The molecule has 178 valence electrons. The van der Waals surface area contributed by atoms with Gasteiger partial charge in [-0.05, 0) is 34.4 Å². The van der Waals surface area contributed by atoms with Crippen LogP contribution >= 0.6 is 0 Å². The number of carboxylic acid groups (broad SMARTS) is 1. The standard InChI is InChI=1S/C26H23N3O6/c30-23(27-14-24(31)32)13-28-25(33)20-11-5-6-12-22(20)29-26(34)35-15-21-18-9-3-1-7-16(18)17-8-2-4-10-19(17)21/h1-12,21H,13-15H2,(H,27,30)(H,28,33)(H,29,34)(H,31,32). The van der Waals surface area contributed by atoms with Crippen molar-refractivity contribution in [2.24, 2.45) is 0 Å². The van der Waals surface area contributed by atoms with Gasteiger partial charge in [-0.3, -0.25) is 19.7 Å². The molecule has 0 aliphatic heterocycles. The summed E-state index contributed by atoms with van der Waals surface area (Å²) in [6.07, 6.45) is -0.716. The number of ether oxygens (including phenoxy) is 1. The number of carboxylic acids is 1. The maximum absolute atomic E-state index is 12.6. The highest BCUT2D eigenvalue weighted by molar-refractivity contribution is 6.03. The van der Waals surface area contributed by atoms with E-state index in [2.05, 4.69) is 16.0 Å². The summed E-state index contributed by atoms with van der Waals surface area (Å²) in [5.74, 6) is -2.55. The second-order valence-corrected chi connectivity index (χ2v) is 7.85.